The minimum Gasteiger partial charge on any atom is -0.391 e. The molecular formula is C10H16BrN3O. The fourth-order valence-electron chi connectivity index (χ4n) is 1.29. The largest absolute Gasteiger partial charge is 0.391 e. The maximum atomic E-state index is 9.61. The van der Waals surface area contributed by atoms with Crippen LogP contribution in [0, 0.1) is 6.92 Å². The Labute approximate surface area is 98.3 Å². The van der Waals surface area contributed by atoms with Crippen molar-refractivity contribution in [1.82, 2.24) is 9.97 Å². The average Bonchev–Trinajstić information content (AvgIpc) is 2.14. The Balaban J connectivity index is 2.72. The van der Waals surface area contributed by atoms with Gasteiger partial charge in [-0.15, -0.1) is 0 Å². The van der Waals surface area contributed by atoms with Crippen LogP contribution in [0.2, 0.25) is 0 Å². The SMILES string of the molecule is CCC(O)C(C)Nc1cc(Br)nc(C)n1. The molecule has 0 bridgehead atoms. The summed E-state index contributed by atoms with van der Waals surface area (Å²) in [6.07, 6.45) is 0.360. The Morgan fingerprint density at radius 1 is 1.53 bits per heavy atom. The van der Waals surface area contributed by atoms with Gasteiger partial charge in [0.1, 0.15) is 16.2 Å². The van der Waals surface area contributed by atoms with Gasteiger partial charge in [0, 0.05) is 6.07 Å². The van der Waals surface area contributed by atoms with E-state index in [1.165, 1.54) is 0 Å². The number of aromatic nitrogens is 2. The number of aliphatic hydroxyl groups excluding tert-OH is 1. The Morgan fingerprint density at radius 2 is 2.20 bits per heavy atom. The van der Waals surface area contributed by atoms with Crippen molar-refractivity contribution in [2.24, 2.45) is 0 Å². The van der Waals surface area contributed by atoms with Crippen molar-refractivity contribution in [3.05, 3.63) is 16.5 Å². The van der Waals surface area contributed by atoms with Crippen LogP contribution >= 0.6 is 15.9 Å². The standard InChI is InChI=1S/C10H16BrN3O/c1-4-8(15)6(2)12-10-5-9(11)13-7(3)14-10/h5-6,8,15H,4H2,1-3H3,(H,12,13,14). The zero-order valence-corrected chi connectivity index (χ0v) is 10.7. The molecule has 5 heteroatoms. The van der Waals surface area contributed by atoms with E-state index in [4.69, 9.17) is 0 Å². The van der Waals surface area contributed by atoms with Crippen LogP contribution in [0.1, 0.15) is 26.1 Å². The number of hydrogen-bond donors (Lipinski definition) is 2. The molecule has 0 radical (unpaired) electrons. The second-order valence-electron chi connectivity index (χ2n) is 3.53. The van der Waals surface area contributed by atoms with Gasteiger partial charge < -0.3 is 10.4 Å². The molecule has 1 aromatic rings. The van der Waals surface area contributed by atoms with Gasteiger partial charge in [0.2, 0.25) is 0 Å². The highest BCUT2D eigenvalue weighted by atomic mass is 79.9. The van der Waals surface area contributed by atoms with Gasteiger partial charge in [-0.2, -0.15) is 0 Å². The average molecular weight is 274 g/mol. The summed E-state index contributed by atoms with van der Waals surface area (Å²) in [5.74, 6) is 1.43. The quantitative estimate of drug-likeness (QED) is 0.826. The predicted octanol–water partition coefficient (Wildman–Crippen LogP) is 2.12. The summed E-state index contributed by atoms with van der Waals surface area (Å²) < 4.78 is 0.746. The summed E-state index contributed by atoms with van der Waals surface area (Å²) in [4.78, 5) is 8.34. The van der Waals surface area contributed by atoms with Gasteiger partial charge in [0.25, 0.3) is 0 Å². The number of nitrogens with zero attached hydrogens (tertiary/aromatic N) is 2. The van der Waals surface area contributed by atoms with Gasteiger partial charge in [-0.1, -0.05) is 6.92 Å². The van der Waals surface area contributed by atoms with Gasteiger partial charge in [0.05, 0.1) is 12.1 Å². The first kappa shape index (κ1) is 12.4. The van der Waals surface area contributed by atoms with E-state index in [1.807, 2.05) is 20.8 Å². The Kier molecular flexibility index (Phi) is 4.47. The highest BCUT2D eigenvalue weighted by molar-refractivity contribution is 9.10. The summed E-state index contributed by atoms with van der Waals surface area (Å²) in [7, 11) is 0. The molecule has 0 aliphatic heterocycles. The first-order chi connectivity index (χ1) is 7.02. The lowest BCUT2D eigenvalue weighted by molar-refractivity contribution is 0.154. The molecule has 0 fully saturated rings. The van der Waals surface area contributed by atoms with Gasteiger partial charge >= 0.3 is 0 Å². The second-order valence-corrected chi connectivity index (χ2v) is 4.34. The van der Waals surface area contributed by atoms with Crippen molar-refractivity contribution in [3.63, 3.8) is 0 Å². The minimum atomic E-state index is -0.362. The molecular weight excluding hydrogens is 258 g/mol. The topological polar surface area (TPSA) is 58.0 Å². The predicted molar refractivity (Wildman–Crippen MR) is 63.9 cm³/mol. The van der Waals surface area contributed by atoms with Crippen LogP contribution < -0.4 is 5.32 Å². The van der Waals surface area contributed by atoms with Crippen molar-refractivity contribution < 1.29 is 5.11 Å². The van der Waals surface area contributed by atoms with Crippen LogP contribution in [0.25, 0.3) is 0 Å². The summed E-state index contributed by atoms with van der Waals surface area (Å²) >= 11 is 3.30. The molecule has 0 saturated heterocycles. The van der Waals surface area contributed by atoms with E-state index in [-0.39, 0.29) is 12.1 Å². The maximum Gasteiger partial charge on any atom is 0.131 e. The highest BCUT2D eigenvalue weighted by Crippen LogP contribution is 2.14. The van der Waals surface area contributed by atoms with E-state index < -0.39 is 0 Å². The molecule has 1 rings (SSSR count). The third kappa shape index (κ3) is 3.76. The van der Waals surface area contributed by atoms with Gasteiger partial charge in [-0.25, -0.2) is 9.97 Å². The molecule has 0 amide bonds. The van der Waals surface area contributed by atoms with Gasteiger partial charge in [0.15, 0.2) is 0 Å². The molecule has 0 saturated carbocycles. The number of halogens is 1. The lowest BCUT2D eigenvalue weighted by Crippen LogP contribution is -2.30. The highest BCUT2D eigenvalue weighted by Gasteiger charge is 2.12. The van der Waals surface area contributed by atoms with Crippen molar-refractivity contribution in [2.75, 3.05) is 5.32 Å². The Morgan fingerprint density at radius 3 is 2.73 bits per heavy atom. The molecule has 2 atom stereocenters. The molecule has 2 unspecified atom stereocenters. The normalized spacial score (nSPS) is 14.7. The van der Waals surface area contributed by atoms with Crippen LogP contribution in [0.5, 0.6) is 0 Å². The second kappa shape index (κ2) is 5.42. The number of nitrogens with one attached hydrogen (secondary N) is 1. The first-order valence-electron chi connectivity index (χ1n) is 4.98. The van der Waals surface area contributed by atoms with Crippen molar-refractivity contribution in [2.45, 2.75) is 39.3 Å². The molecule has 2 N–H and O–H groups in total. The molecule has 0 spiro atoms. The van der Waals surface area contributed by atoms with Crippen LogP contribution in [0.4, 0.5) is 5.82 Å². The summed E-state index contributed by atoms with van der Waals surface area (Å²) in [5.41, 5.74) is 0. The zero-order valence-electron chi connectivity index (χ0n) is 9.16. The van der Waals surface area contributed by atoms with E-state index in [9.17, 15) is 5.11 Å². The molecule has 1 heterocycles. The van der Waals surface area contributed by atoms with Crippen molar-refractivity contribution in [1.29, 1.82) is 0 Å². The third-order valence-electron chi connectivity index (χ3n) is 2.18. The smallest absolute Gasteiger partial charge is 0.131 e. The number of hydrogen-bond acceptors (Lipinski definition) is 4. The maximum absolute atomic E-state index is 9.61. The lowest BCUT2D eigenvalue weighted by Gasteiger charge is -2.19. The molecule has 15 heavy (non-hydrogen) atoms. The number of anilines is 1. The van der Waals surface area contributed by atoms with E-state index in [1.54, 1.807) is 6.07 Å². The third-order valence-corrected chi connectivity index (χ3v) is 2.58. The molecule has 0 aromatic carbocycles. The van der Waals surface area contributed by atoms with E-state index >= 15 is 0 Å². The van der Waals surface area contributed by atoms with Gasteiger partial charge in [-0.3, -0.25) is 0 Å². The van der Waals surface area contributed by atoms with Gasteiger partial charge in [-0.05, 0) is 36.2 Å². The molecule has 4 nitrogen and oxygen atoms in total. The fraction of sp³-hybridized carbons (Fsp3) is 0.600. The van der Waals surface area contributed by atoms with Crippen molar-refractivity contribution >= 4 is 21.7 Å². The molecule has 84 valence electrons. The number of rotatable bonds is 4. The Hall–Kier alpha value is -0.680. The van der Waals surface area contributed by atoms with E-state index in [0.717, 1.165) is 16.8 Å². The molecule has 0 aliphatic rings. The summed E-state index contributed by atoms with van der Waals surface area (Å²) in [5, 5.41) is 12.8. The first-order valence-corrected chi connectivity index (χ1v) is 5.78. The minimum absolute atomic E-state index is 0.0174. The molecule has 0 aliphatic carbocycles. The lowest BCUT2D eigenvalue weighted by atomic mass is 10.1. The molecule has 1 aromatic heterocycles. The van der Waals surface area contributed by atoms with E-state index in [2.05, 4.69) is 31.2 Å². The van der Waals surface area contributed by atoms with E-state index in [0.29, 0.717) is 5.82 Å². The van der Waals surface area contributed by atoms with Crippen LogP contribution in [0.3, 0.4) is 0 Å². The Bertz CT molecular complexity index is 312. The summed E-state index contributed by atoms with van der Waals surface area (Å²) in [6, 6.07) is 1.78. The van der Waals surface area contributed by atoms with Crippen LogP contribution in [0.15, 0.2) is 10.7 Å². The number of aryl methyl sites for hydroxylation is 1. The number of aliphatic hydroxyl groups is 1. The zero-order chi connectivity index (χ0) is 11.4. The monoisotopic (exact) mass is 273 g/mol. The summed E-state index contributed by atoms with van der Waals surface area (Å²) in [6.45, 7) is 5.71. The van der Waals surface area contributed by atoms with Crippen molar-refractivity contribution in [3.8, 4) is 0 Å². The van der Waals surface area contributed by atoms with Crippen LogP contribution in [-0.2, 0) is 0 Å². The van der Waals surface area contributed by atoms with Crippen LogP contribution in [-0.4, -0.2) is 27.2 Å². The fourth-order valence-corrected chi connectivity index (χ4v) is 1.76.